The molecule has 1 aromatic carbocycles. The van der Waals surface area contributed by atoms with Gasteiger partial charge in [0.05, 0.1) is 18.1 Å². The Kier molecular flexibility index (Phi) is 3.65. The topological polar surface area (TPSA) is 63.8 Å². The first-order valence-corrected chi connectivity index (χ1v) is 5.98. The van der Waals surface area contributed by atoms with Gasteiger partial charge in [-0.2, -0.15) is 0 Å². The van der Waals surface area contributed by atoms with Crippen molar-refractivity contribution in [2.45, 2.75) is 0 Å². The summed E-state index contributed by atoms with van der Waals surface area (Å²) in [5.74, 6) is 0. The molecule has 0 unspecified atom stereocenters. The summed E-state index contributed by atoms with van der Waals surface area (Å²) in [7, 11) is 0. The van der Waals surface area contributed by atoms with Crippen molar-refractivity contribution in [3.05, 3.63) is 47.0 Å². The van der Waals surface area contributed by atoms with Gasteiger partial charge in [-0.05, 0) is 18.2 Å². The van der Waals surface area contributed by atoms with Crippen molar-refractivity contribution in [3.63, 3.8) is 0 Å². The van der Waals surface area contributed by atoms with Crippen LogP contribution in [0.3, 0.4) is 0 Å². The molecule has 4 nitrogen and oxygen atoms in total. The average Bonchev–Trinajstić information content (AvgIpc) is 2.30. The SMILES string of the molecule is NC(=S)c1ccc(Br)cc1Nc1cncnc1. The first kappa shape index (κ1) is 11.9. The van der Waals surface area contributed by atoms with E-state index in [1.54, 1.807) is 12.4 Å². The van der Waals surface area contributed by atoms with E-state index in [0.29, 0.717) is 4.99 Å². The minimum absolute atomic E-state index is 0.344. The van der Waals surface area contributed by atoms with Crippen LogP contribution in [0.1, 0.15) is 5.56 Å². The molecule has 0 aliphatic rings. The Morgan fingerprint density at radius 3 is 2.65 bits per heavy atom. The standard InChI is InChI=1S/C11H9BrN4S/c12-7-1-2-9(11(13)17)10(3-7)16-8-4-14-6-15-5-8/h1-6,16H,(H2,13,17). The summed E-state index contributed by atoms with van der Waals surface area (Å²) in [6, 6.07) is 5.65. The molecule has 1 aromatic heterocycles. The molecule has 0 amide bonds. The number of hydrogen-bond acceptors (Lipinski definition) is 4. The molecule has 1 heterocycles. The van der Waals surface area contributed by atoms with Crippen LogP contribution in [0.25, 0.3) is 0 Å². The first-order chi connectivity index (χ1) is 8.16. The number of rotatable bonds is 3. The van der Waals surface area contributed by atoms with E-state index >= 15 is 0 Å². The first-order valence-electron chi connectivity index (χ1n) is 4.78. The van der Waals surface area contributed by atoms with Crippen LogP contribution >= 0.6 is 28.1 Å². The molecule has 86 valence electrons. The van der Waals surface area contributed by atoms with E-state index < -0.39 is 0 Å². The molecule has 2 aromatic rings. The number of hydrogen-bond donors (Lipinski definition) is 2. The Labute approximate surface area is 112 Å². The van der Waals surface area contributed by atoms with Crippen molar-refractivity contribution in [2.24, 2.45) is 5.73 Å². The highest BCUT2D eigenvalue weighted by molar-refractivity contribution is 9.10. The number of thiocarbonyl (C=S) groups is 1. The van der Waals surface area contributed by atoms with Gasteiger partial charge >= 0.3 is 0 Å². The van der Waals surface area contributed by atoms with Gasteiger partial charge in [0.2, 0.25) is 0 Å². The molecule has 6 heteroatoms. The highest BCUT2D eigenvalue weighted by Gasteiger charge is 2.06. The molecule has 0 aliphatic heterocycles. The average molecular weight is 309 g/mol. The van der Waals surface area contributed by atoms with E-state index in [9.17, 15) is 0 Å². The van der Waals surface area contributed by atoms with Crippen LogP contribution < -0.4 is 11.1 Å². The third kappa shape index (κ3) is 2.98. The number of nitrogens with one attached hydrogen (secondary N) is 1. The molecule has 0 radical (unpaired) electrons. The molecule has 0 fully saturated rings. The molecule has 0 saturated heterocycles. The van der Waals surface area contributed by atoms with Crippen molar-refractivity contribution < 1.29 is 0 Å². The van der Waals surface area contributed by atoms with Crippen LogP contribution in [0.2, 0.25) is 0 Å². The van der Waals surface area contributed by atoms with Crippen LogP contribution in [0.15, 0.2) is 41.4 Å². The van der Waals surface area contributed by atoms with Gasteiger partial charge < -0.3 is 11.1 Å². The maximum absolute atomic E-state index is 5.66. The lowest BCUT2D eigenvalue weighted by Gasteiger charge is -2.11. The lowest BCUT2D eigenvalue weighted by molar-refractivity contribution is 1.17. The fourth-order valence-corrected chi connectivity index (χ4v) is 1.89. The van der Waals surface area contributed by atoms with Gasteiger partial charge in [-0.1, -0.05) is 28.1 Å². The monoisotopic (exact) mass is 308 g/mol. The Morgan fingerprint density at radius 2 is 2.00 bits per heavy atom. The number of benzene rings is 1. The van der Waals surface area contributed by atoms with Crippen LogP contribution in [-0.2, 0) is 0 Å². The number of halogens is 1. The summed E-state index contributed by atoms with van der Waals surface area (Å²) in [4.78, 5) is 8.20. The van der Waals surface area contributed by atoms with Gasteiger partial charge in [-0.25, -0.2) is 9.97 Å². The number of nitrogens with zero attached hydrogens (tertiary/aromatic N) is 2. The fraction of sp³-hybridized carbons (Fsp3) is 0. The third-order valence-electron chi connectivity index (χ3n) is 2.09. The molecule has 0 spiro atoms. The van der Waals surface area contributed by atoms with Crippen molar-refractivity contribution in [2.75, 3.05) is 5.32 Å². The summed E-state index contributed by atoms with van der Waals surface area (Å²) in [5, 5.41) is 3.17. The van der Waals surface area contributed by atoms with Crippen molar-refractivity contribution in [1.29, 1.82) is 0 Å². The molecule has 0 saturated carbocycles. The summed E-state index contributed by atoms with van der Waals surface area (Å²) in [6.45, 7) is 0. The zero-order valence-electron chi connectivity index (χ0n) is 8.72. The van der Waals surface area contributed by atoms with Crippen LogP contribution in [0.5, 0.6) is 0 Å². The molecule has 0 bridgehead atoms. The normalized spacial score (nSPS) is 9.94. The Bertz CT molecular complexity index is 544. The number of anilines is 2. The molecular formula is C11H9BrN4S. The third-order valence-corrected chi connectivity index (χ3v) is 2.80. The largest absolute Gasteiger partial charge is 0.389 e. The minimum Gasteiger partial charge on any atom is -0.389 e. The van der Waals surface area contributed by atoms with Gasteiger partial charge in [-0.15, -0.1) is 0 Å². The highest BCUT2D eigenvalue weighted by atomic mass is 79.9. The fourth-order valence-electron chi connectivity index (χ4n) is 1.35. The zero-order chi connectivity index (χ0) is 12.3. The predicted octanol–water partition coefficient (Wildman–Crippen LogP) is 2.62. The Balaban J connectivity index is 2.37. The smallest absolute Gasteiger partial charge is 0.115 e. The maximum Gasteiger partial charge on any atom is 0.115 e. The number of aromatic nitrogens is 2. The Morgan fingerprint density at radius 1 is 1.29 bits per heavy atom. The summed E-state index contributed by atoms with van der Waals surface area (Å²) in [5.41, 5.74) is 8.05. The van der Waals surface area contributed by atoms with Crippen molar-refractivity contribution in [1.82, 2.24) is 9.97 Å². The highest BCUT2D eigenvalue weighted by Crippen LogP contribution is 2.24. The van der Waals surface area contributed by atoms with E-state index in [-0.39, 0.29) is 0 Å². The van der Waals surface area contributed by atoms with Crippen LogP contribution in [0, 0.1) is 0 Å². The van der Waals surface area contributed by atoms with Gasteiger partial charge in [0, 0.05) is 15.7 Å². The zero-order valence-corrected chi connectivity index (χ0v) is 11.1. The molecule has 17 heavy (non-hydrogen) atoms. The van der Waals surface area contributed by atoms with E-state index in [1.807, 2.05) is 18.2 Å². The summed E-state index contributed by atoms with van der Waals surface area (Å²) in [6.07, 6.45) is 4.83. The molecule has 2 rings (SSSR count). The van der Waals surface area contributed by atoms with E-state index in [0.717, 1.165) is 21.4 Å². The second kappa shape index (κ2) is 5.20. The lowest BCUT2D eigenvalue weighted by atomic mass is 10.1. The summed E-state index contributed by atoms with van der Waals surface area (Å²) < 4.78 is 0.942. The maximum atomic E-state index is 5.66. The molecule has 3 N–H and O–H groups in total. The van der Waals surface area contributed by atoms with E-state index in [4.69, 9.17) is 18.0 Å². The van der Waals surface area contributed by atoms with Crippen LogP contribution in [-0.4, -0.2) is 15.0 Å². The van der Waals surface area contributed by atoms with E-state index in [1.165, 1.54) is 6.33 Å². The van der Waals surface area contributed by atoms with E-state index in [2.05, 4.69) is 31.2 Å². The minimum atomic E-state index is 0.344. The second-order valence-electron chi connectivity index (χ2n) is 3.31. The molecular weight excluding hydrogens is 300 g/mol. The predicted molar refractivity (Wildman–Crippen MR) is 75.3 cm³/mol. The number of nitrogens with two attached hydrogens (primary N) is 1. The van der Waals surface area contributed by atoms with Gasteiger partial charge in [-0.3, -0.25) is 0 Å². The van der Waals surface area contributed by atoms with Gasteiger partial charge in [0.25, 0.3) is 0 Å². The van der Waals surface area contributed by atoms with Gasteiger partial charge in [0.15, 0.2) is 0 Å². The Hall–Kier alpha value is -1.53. The van der Waals surface area contributed by atoms with Crippen molar-refractivity contribution >= 4 is 44.5 Å². The molecule has 0 atom stereocenters. The van der Waals surface area contributed by atoms with Crippen LogP contribution in [0.4, 0.5) is 11.4 Å². The lowest BCUT2D eigenvalue weighted by Crippen LogP contribution is -2.11. The van der Waals surface area contributed by atoms with Gasteiger partial charge in [0.1, 0.15) is 11.3 Å². The molecule has 0 aliphatic carbocycles. The summed E-state index contributed by atoms with van der Waals surface area (Å²) >= 11 is 8.40. The quantitative estimate of drug-likeness (QED) is 0.853. The second-order valence-corrected chi connectivity index (χ2v) is 4.66. The van der Waals surface area contributed by atoms with Crippen molar-refractivity contribution in [3.8, 4) is 0 Å².